The topological polar surface area (TPSA) is 64.6 Å². The van der Waals surface area contributed by atoms with Crippen molar-refractivity contribution in [2.45, 2.75) is 13.3 Å². The van der Waals surface area contributed by atoms with Crippen LogP contribution in [0.2, 0.25) is 0 Å². The number of ether oxygens (including phenoxy) is 2. The number of hydrogen-bond donors (Lipinski definition) is 1. The summed E-state index contributed by atoms with van der Waals surface area (Å²) in [5.74, 6) is -0.470. The van der Waals surface area contributed by atoms with E-state index in [9.17, 15) is 9.59 Å². The number of carbonyl (C=O) groups is 2. The summed E-state index contributed by atoms with van der Waals surface area (Å²) in [5, 5.41) is 2.42. The minimum atomic E-state index is -0.537. The van der Waals surface area contributed by atoms with E-state index < -0.39 is 12.1 Å². The van der Waals surface area contributed by atoms with Crippen molar-refractivity contribution < 1.29 is 51.8 Å². The average molecular weight is 303 g/mol. The Kier molecular flexibility index (Phi) is 12.4. The molecule has 0 aliphatic rings. The van der Waals surface area contributed by atoms with Crippen molar-refractivity contribution in [2.75, 3.05) is 19.8 Å². The number of amides is 1. The van der Waals surface area contributed by atoms with Crippen LogP contribution in [0.15, 0.2) is 12.2 Å². The molecule has 89 valence electrons. The third kappa shape index (κ3) is 10.1. The Labute approximate surface area is 121 Å². The van der Waals surface area contributed by atoms with Gasteiger partial charge >= 0.3 is 12.1 Å². The second kappa shape index (κ2) is 11.1. The minimum absolute atomic E-state index is 0. The van der Waals surface area contributed by atoms with Crippen LogP contribution < -0.4 is 5.32 Å². The van der Waals surface area contributed by atoms with Gasteiger partial charge in [-0.3, -0.25) is 0 Å². The van der Waals surface area contributed by atoms with E-state index in [0.29, 0.717) is 12.0 Å². The van der Waals surface area contributed by atoms with Crippen LogP contribution in [-0.4, -0.2) is 31.8 Å². The fourth-order valence-corrected chi connectivity index (χ4v) is 0.636. The molecule has 1 N–H and O–H groups in total. The monoisotopic (exact) mass is 303 g/mol. The van der Waals surface area contributed by atoms with E-state index in [-0.39, 0.29) is 52.5 Å². The van der Waals surface area contributed by atoms with Crippen molar-refractivity contribution in [3.63, 3.8) is 0 Å². The van der Waals surface area contributed by atoms with Crippen molar-refractivity contribution in [1.29, 1.82) is 0 Å². The SMILES string of the molecule is C=C(C)C(=O)OCCNC(=O)OCC[CH2-].[Y]. The van der Waals surface area contributed by atoms with E-state index >= 15 is 0 Å². The van der Waals surface area contributed by atoms with Crippen LogP contribution in [0.4, 0.5) is 4.79 Å². The van der Waals surface area contributed by atoms with Gasteiger partial charge in [0, 0.05) is 38.3 Å². The quantitative estimate of drug-likeness (QED) is 0.345. The average Bonchev–Trinajstić information content (AvgIpc) is 2.20. The zero-order valence-corrected chi connectivity index (χ0v) is 12.3. The first-order valence-electron chi connectivity index (χ1n) is 4.60. The predicted octanol–water partition coefficient (Wildman–Crippen LogP) is 1.05. The molecule has 0 rings (SSSR count). The van der Waals surface area contributed by atoms with Crippen LogP contribution >= 0.6 is 0 Å². The number of esters is 1. The van der Waals surface area contributed by atoms with Gasteiger partial charge in [-0.2, -0.15) is 0 Å². The van der Waals surface area contributed by atoms with E-state index in [1.165, 1.54) is 0 Å². The fourth-order valence-electron chi connectivity index (χ4n) is 0.636. The molecule has 0 saturated heterocycles. The molecule has 0 aromatic rings. The molecule has 0 aliphatic carbocycles. The van der Waals surface area contributed by atoms with Gasteiger partial charge in [0.2, 0.25) is 0 Å². The number of rotatable bonds is 6. The van der Waals surface area contributed by atoms with Gasteiger partial charge in [-0.1, -0.05) is 6.58 Å². The van der Waals surface area contributed by atoms with E-state index in [1.807, 2.05) is 0 Å². The third-order valence-corrected chi connectivity index (χ3v) is 1.33. The van der Waals surface area contributed by atoms with Crippen molar-refractivity contribution in [1.82, 2.24) is 5.32 Å². The molecule has 0 atom stereocenters. The number of carbonyl (C=O) groups excluding carboxylic acids is 2. The van der Waals surface area contributed by atoms with Gasteiger partial charge in [0.15, 0.2) is 0 Å². The second-order valence-electron chi connectivity index (χ2n) is 2.83. The number of hydrogen-bond acceptors (Lipinski definition) is 4. The zero-order valence-electron chi connectivity index (χ0n) is 9.45. The van der Waals surface area contributed by atoms with Crippen molar-refractivity contribution in [3.05, 3.63) is 19.1 Å². The molecule has 0 saturated carbocycles. The number of alkyl carbamates (subject to hydrolysis) is 1. The summed E-state index contributed by atoms with van der Waals surface area (Å²) >= 11 is 0. The maximum atomic E-state index is 10.9. The van der Waals surface area contributed by atoms with Gasteiger partial charge in [-0.15, -0.1) is 6.42 Å². The first-order valence-corrected chi connectivity index (χ1v) is 4.60. The summed E-state index contributed by atoms with van der Waals surface area (Å²) < 4.78 is 9.41. The van der Waals surface area contributed by atoms with E-state index in [0.717, 1.165) is 0 Å². The molecule has 1 radical (unpaired) electrons. The molecule has 0 aliphatic heterocycles. The fraction of sp³-hybridized carbons (Fsp3) is 0.500. The van der Waals surface area contributed by atoms with Gasteiger partial charge in [-0.05, 0) is 6.92 Å². The van der Waals surface area contributed by atoms with E-state index in [1.54, 1.807) is 6.92 Å². The summed E-state index contributed by atoms with van der Waals surface area (Å²) in [5.41, 5.74) is 0.328. The Morgan fingerprint density at radius 2 is 1.94 bits per heavy atom. The molecule has 6 heteroatoms. The van der Waals surface area contributed by atoms with Gasteiger partial charge in [-0.25, -0.2) is 9.59 Å². The zero-order chi connectivity index (χ0) is 11.7. The Hall–Kier alpha value is -0.416. The normalized spacial score (nSPS) is 8.62. The van der Waals surface area contributed by atoms with Crippen LogP contribution in [0.5, 0.6) is 0 Å². The Morgan fingerprint density at radius 3 is 2.44 bits per heavy atom. The first kappa shape index (κ1) is 18.0. The number of nitrogens with one attached hydrogen (secondary N) is 1. The minimum Gasteiger partial charge on any atom is -0.460 e. The van der Waals surface area contributed by atoms with E-state index in [4.69, 9.17) is 4.74 Å². The summed E-state index contributed by atoms with van der Waals surface area (Å²) in [7, 11) is 0. The van der Waals surface area contributed by atoms with Crippen LogP contribution in [0.25, 0.3) is 0 Å². The van der Waals surface area contributed by atoms with Crippen LogP contribution in [0.3, 0.4) is 0 Å². The summed E-state index contributed by atoms with van der Waals surface area (Å²) in [6.45, 7) is 9.08. The Balaban J connectivity index is 0. The third-order valence-electron chi connectivity index (χ3n) is 1.33. The van der Waals surface area contributed by atoms with Gasteiger partial charge in [0.05, 0.1) is 13.2 Å². The van der Waals surface area contributed by atoms with Crippen LogP contribution in [-0.2, 0) is 47.0 Å². The standard InChI is InChI=1S/C10H16NO4.Y/c1-4-6-15-10(13)11-5-7-14-9(12)8(2)3;/h1-2,4-7H2,3H3,(H,11,13);/q-1;. The molecule has 0 bridgehead atoms. The molecule has 0 heterocycles. The summed E-state index contributed by atoms with van der Waals surface area (Å²) in [6, 6.07) is 0. The first-order chi connectivity index (χ1) is 7.07. The molecular weight excluding hydrogens is 287 g/mol. The molecule has 5 nitrogen and oxygen atoms in total. The van der Waals surface area contributed by atoms with Gasteiger partial charge in [0.25, 0.3) is 0 Å². The van der Waals surface area contributed by atoms with Crippen molar-refractivity contribution in [3.8, 4) is 0 Å². The molecule has 16 heavy (non-hydrogen) atoms. The smallest absolute Gasteiger partial charge is 0.407 e. The summed E-state index contributed by atoms with van der Waals surface area (Å²) in [4.78, 5) is 21.7. The van der Waals surface area contributed by atoms with Crippen LogP contribution in [0, 0.1) is 6.92 Å². The maximum Gasteiger partial charge on any atom is 0.407 e. The second-order valence-corrected chi connectivity index (χ2v) is 2.83. The molecule has 0 unspecified atom stereocenters. The maximum absolute atomic E-state index is 10.9. The van der Waals surface area contributed by atoms with Gasteiger partial charge in [0.1, 0.15) is 6.61 Å². The Morgan fingerprint density at radius 1 is 1.31 bits per heavy atom. The molecular formula is C10H16NO4Y-. The molecule has 0 aromatic heterocycles. The Bertz CT molecular complexity index is 243. The van der Waals surface area contributed by atoms with Crippen molar-refractivity contribution in [2.24, 2.45) is 0 Å². The van der Waals surface area contributed by atoms with E-state index in [2.05, 4.69) is 23.6 Å². The van der Waals surface area contributed by atoms with Gasteiger partial charge < -0.3 is 21.7 Å². The van der Waals surface area contributed by atoms with Crippen LogP contribution in [0.1, 0.15) is 13.3 Å². The molecule has 0 spiro atoms. The summed E-state index contributed by atoms with van der Waals surface area (Å²) in [6.07, 6.45) is -0.0112. The molecule has 0 aromatic carbocycles. The molecule has 1 amide bonds. The largest absolute Gasteiger partial charge is 0.460 e. The van der Waals surface area contributed by atoms with Crippen molar-refractivity contribution >= 4 is 12.1 Å². The predicted molar refractivity (Wildman–Crippen MR) is 55.1 cm³/mol. The molecule has 0 fully saturated rings.